The molecular weight excluding hydrogens is 400 g/mol. The fraction of sp³-hybridized carbons (Fsp3) is 0.368. The van der Waals surface area contributed by atoms with Crippen molar-refractivity contribution in [1.29, 1.82) is 0 Å². The van der Waals surface area contributed by atoms with Crippen molar-refractivity contribution in [3.8, 4) is 11.6 Å². The lowest BCUT2D eigenvalue weighted by molar-refractivity contribution is -0.114. The zero-order valence-corrected chi connectivity index (χ0v) is 17.5. The molecule has 10 heteroatoms. The van der Waals surface area contributed by atoms with Crippen LogP contribution in [0.5, 0.6) is 0 Å². The number of hydrogen-bond donors (Lipinski definition) is 3. The molecule has 0 aliphatic heterocycles. The SMILES string of the molecule is CCc1cc(F)c(NC(C)=O)c2nc(-c3ccc(P(=O)(O)O)o3)n(CC(C)C)c12. The number of imidazole rings is 1. The largest absolute Gasteiger partial charge is 0.445 e. The highest BCUT2D eigenvalue weighted by molar-refractivity contribution is 7.59. The van der Waals surface area contributed by atoms with E-state index in [1.165, 1.54) is 25.1 Å². The molecule has 0 radical (unpaired) electrons. The van der Waals surface area contributed by atoms with Gasteiger partial charge < -0.3 is 24.1 Å². The smallest absolute Gasteiger partial charge is 0.391 e. The van der Waals surface area contributed by atoms with Crippen LogP contribution in [0.15, 0.2) is 22.6 Å². The average molecular weight is 423 g/mol. The first kappa shape index (κ1) is 21.2. The Balaban J connectivity index is 2.36. The minimum absolute atomic E-state index is 0.0322. The number of carbonyl (C=O) groups is 1. The average Bonchev–Trinajstić information content (AvgIpc) is 3.21. The molecule has 0 saturated heterocycles. The summed E-state index contributed by atoms with van der Waals surface area (Å²) >= 11 is 0. The van der Waals surface area contributed by atoms with E-state index in [0.717, 1.165) is 0 Å². The lowest BCUT2D eigenvalue weighted by atomic mass is 10.1. The van der Waals surface area contributed by atoms with Gasteiger partial charge in [0.15, 0.2) is 11.6 Å². The maximum absolute atomic E-state index is 14.7. The number of aryl methyl sites for hydroxylation is 1. The predicted octanol–water partition coefficient (Wildman–Crippen LogP) is 3.42. The van der Waals surface area contributed by atoms with E-state index in [-0.39, 0.29) is 22.9 Å². The van der Waals surface area contributed by atoms with Gasteiger partial charge in [0.2, 0.25) is 11.4 Å². The molecule has 0 bridgehead atoms. The van der Waals surface area contributed by atoms with Crippen molar-refractivity contribution in [2.75, 3.05) is 5.32 Å². The second-order valence-electron chi connectivity index (χ2n) is 7.25. The Kier molecular flexibility index (Phi) is 5.67. The third kappa shape index (κ3) is 4.12. The van der Waals surface area contributed by atoms with E-state index in [1.807, 2.05) is 25.3 Å². The van der Waals surface area contributed by atoms with Crippen LogP contribution in [-0.4, -0.2) is 25.2 Å². The minimum atomic E-state index is -4.57. The molecule has 0 aliphatic rings. The van der Waals surface area contributed by atoms with Crippen molar-refractivity contribution in [3.05, 3.63) is 29.6 Å². The van der Waals surface area contributed by atoms with Crippen LogP contribution in [0.3, 0.4) is 0 Å². The Labute approximate surface area is 166 Å². The summed E-state index contributed by atoms with van der Waals surface area (Å²) in [5.41, 5.74) is 1.11. The fourth-order valence-electron chi connectivity index (χ4n) is 3.26. The van der Waals surface area contributed by atoms with Crippen LogP contribution < -0.4 is 10.8 Å². The summed E-state index contributed by atoms with van der Waals surface area (Å²) in [5, 5.41) is 2.50. The summed E-state index contributed by atoms with van der Waals surface area (Å²) in [6, 6.07) is 4.00. The number of halogens is 1. The number of rotatable bonds is 6. The molecule has 1 amide bonds. The van der Waals surface area contributed by atoms with Crippen LogP contribution in [0, 0.1) is 11.7 Å². The summed E-state index contributed by atoms with van der Waals surface area (Å²) in [5.74, 6) is -0.380. The number of anilines is 1. The Morgan fingerprint density at radius 1 is 1.38 bits per heavy atom. The van der Waals surface area contributed by atoms with Gasteiger partial charge in [-0.2, -0.15) is 0 Å². The van der Waals surface area contributed by atoms with Crippen molar-refractivity contribution in [2.45, 2.75) is 40.7 Å². The van der Waals surface area contributed by atoms with Gasteiger partial charge in [-0.1, -0.05) is 20.8 Å². The van der Waals surface area contributed by atoms with Gasteiger partial charge in [-0.25, -0.2) is 9.37 Å². The molecule has 0 aliphatic carbocycles. The highest BCUT2D eigenvalue weighted by atomic mass is 31.2. The van der Waals surface area contributed by atoms with Gasteiger partial charge in [0.25, 0.3) is 0 Å². The molecule has 0 atom stereocenters. The fourth-order valence-corrected chi connectivity index (χ4v) is 3.75. The lowest BCUT2D eigenvalue weighted by Gasteiger charge is -2.14. The first-order valence-electron chi connectivity index (χ1n) is 9.18. The quantitative estimate of drug-likeness (QED) is 0.523. The van der Waals surface area contributed by atoms with Gasteiger partial charge in [0, 0.05) is 13.5 Å². The van der Waals surface area contributed by atoms with Crippen molar-refractivity contribution >= 4 is 35.7 Å². The van der Waals surface area contributed by atoms with E-state index in [9.17, 15) is 23.5 Å². The monoisotopic (exact) mass is 423 g/mol. The zero-order valence-electron chi connectivity index (χ0n) is 16.6. The highest BCUT2D eigenvalue weighted by Crippen LogP contribution is 2.38. The van der Waals surface area contributed by atoms with E-state index in [0.29, 0.717) is 29.9 Å². The number of amides is 1. The molecule has 1 aromatic carbocycles. The maximum Gasteiger partial charge on any atom is 0.391 e. The number of aromatic nitrogens is 2. The Bertz CT molecular complexity index is 1130. The van der Waals surface area contributed by atoms with E-state index >= 15 is 0 Å². The van der Waals surface area contributed by atoms with Crippen LogP contribution in [0.1, 0.15) is 33.3 Å². The third-order valence-corrected chi connectivity index (χ3v) is 5.19. The summed E-state index contributed by atoms with van der Waals surface area (Å²) in [7, 11) is -4.57. The van der Waals surface area contributed by atoms with Crippen LogP contribution in [0.25, 0.3) is 22.6 Å². The molecule has 0 unspecified atom stereocenters. The Hall–Kier alpha value is -2.48. The summed E-state index contributed by atoms with van der Waals surface area (Å²) in [4.78, 5) is 34.8. The lowest BCUT2D eigenvalue weighted by Crippen LogP contribution is -2.10. The first-order chi connectivity index (χ1) is 13.5. The first-order valence-corrected chi connectivity index (χ1v) is 10.8. The van der Waals surface area contributed by atoms with Crippen molar-refractivity contribution < 1.29 is 28.0 Å². The summed E-state index contributed by atoms with van der Waals surface area (Å²) in [6.45, 7) is 7.68. The number of carbonyl (C=O) groups excluding carboxylic acids is 1. The Morgan fingerprint density at radius 3 is 2.59 bits per heavy atom. The van der Waals surface area contributed by atoms with Gasteiger partial charge in [-0.05, 0) is 36.1 Å². The summed E-state index contributed by atoms with van der Waals surface area (Å²) < 4.78 is 33.4. The van der Waals surface area contributed by atoms with Crippen molar-refractivity contribution in [3.63, 3.8) is 0 Å². The number of furan rings is 1. The van der Waals surface area contributed by atoms with E-state index in [2.05, 4.69) is 10.3 Å². The molecule has 2 heterocycles. The molecule has 156 valence electrons. The predicted molar refractivity (Wildman–Crippen MR) is 108 cm³/mol. The van der Waals surface area contributed by atoms with E-state index in [1.54, 1.807) is 0 Å². The second kappa shape index (κ2) is 7.74. The number of hydrogen-bond acceptors (Lipinski definition) is 4. The van der Waals surface area contributed by atoms with Gasteiger partial charge >= 0.3 is 7.60 Å². The molecule has 3 aromatic rings. The number of nitrogens with one attached hydrogen (secondary N) is 1. The molecule has 2 aromatic heterocycles. The number of benzene rings is 1. The normalized spacial score (nSPS) is 12.1. The molecule has 0 saturated carbocycles. The minimum Gasteiger partial charge on any atom is -0.445 e. The molecule has 0 spiro atoms. The van der Waals surface area contributed by atoms with E-state index in [4.69, 9.17) is 4.42 Å². The zero-order chi connectivity index (χ0) is 21.5. The molecule has 8 nitrogen and oxygen atoms in total. The van der Waals surface area contributed by atoms with Crippen LogP contribution in [0.4, 0.5) is 10.1 Å². The van der Waals surface area contributed by atoms with Crippen LogP contribution in [-0.2, 0) is 22.3 Å². The Morgan fingerprint density at radius 2 is 2.07 bits per heavy atom. The standard InChI is InChI=1S/C19H23FN3O5P/c1-5-12-8-13(20)16(21-11(4)24)17-18(12)23(9-10(2)3)19(22-17)14-6-7-15(28-14)29(25,26)27/h6-8,10H,5,9H2,1-4H3,(H,21,24)(H2,25,26,27). The third-order valence-electron chi connectivity index (χ3n) is 4.38. The van der Waals surface area contributed by atoms with Gasteiger partial charge in [0.1, 0.15) is 17.0 Å². The van der Waals surface area contributed by atoms with Crippen molar-refractivity contribution in [1.82, 2.24) is 9.55 Å². The van der Waals surface area contributed by atoms with Crippen LogP contribution in [0.2, 0.25) is 0 Å². The molecule has 3 rings (SSSR count). The van der Waals surface area contributed by atoms with Gasteiger partial charge in [-0.15, -0.1) is 0 Å². The number of nitrogens with zero attached hydrogens (tertiary/aromatic N) is 2. The summed E-state index contributed by atoms with van der Waals surface area (Å²) in [6.07, 6.45) is 0.531. The highest BCUT2D eigenvalue weighted by Gasteiger charge is 2.27. The maximum atomic E-state index is 14.7. The van der Waals surface area contributed by atoms with Crippen molar-refractivity contribution in [2.24, 2.45) is 5.92 Å². The van der Waals surface area contributed by atoms with Gasteiger partial charge in [0.05, 0.1) is 5.52 Å². The molecule has 29 heavy (non-hydrogen) atoms. The molecule has 0 fully saturated rings. The molecule has 3 N–H and O–H groups in total. The number of fused-ring (bicyclic) bond motifs is 1. The second-order valence-corrected chi connectivity index (χ2v) is 8.78. The molecular formula is C19H23FN3O5P. The van der Waals surface area contributed by atoms with E-state index < -0.39 is 24.8 Å². The van der Waals surface area contributed by atoms with Gasteiger partial charge in [-0.3, -0.25) is 9.36 Å². The topological polar surface area (TPSA) is 118 Å². The van der Waals surface area contributed by atoms with Crippen LogP contribution >= 0.6 is 7.60 Å².